The number of ether oxygens (including phenoxy) is 1. The molecule has 0 bridgehead atoms. The Balaban J connectivity index is 4.93. The molecule has 1 amide bonds. The van der Waals surface area contributed by atoms with Crippen LogP contribution in [0.4, 0.5) is 4.79 Å². The van der Waals surface area contributed by atoms with Crippen molar-refractivity contribution in [2.75, 3.05) is 6.26 Å². The van der Waals surface area contributed by atoms with E-state index in [1.165, 1.54) is 16.7 Å². The molecule has 0 radical (unpaired) electrons. The molecule has 0 fully saturated rings. The number of nitrogens with zero attached hydrogens (tertiary/aromatic N) is 1. The normalized spacial score (nSPS) is 12.2. The minimum absolute atomic E-state index is 0.196. The van der Waals surface area contributed by atoms with Gasteiger partial charge in [0, 0.05) is 5.54 Å². The zero-order valence-electron chi connectivity index (χ0n) is 11.2. The van der Waals surface area contributed by atoms with Crippen molar-refractivity contribution in [1.82, 2.24) is 4.90 Å². The molecular weight excluding hydrogens is 224 g/mol. The highest BCUT2D eigenvalue weighted by Crippen LogP contribution is 2.21. The van der Waals surface area contributed by atoms with Crippen LogP contribution >= 0.6 is 11.8 Å². The second kappa shape index (κ2) is 5.08. The zero-order chi connectivity index (χ0) is 13.1. The van der Waals surface area contributed by atoms with Crippen molar-refractivity contribution in [1.29, 1.82) is 5.41 Å². The van der Waals surface area contributed by atoms with E-state index in [1.807, 2.05) is 41.5 Å². The van der Waals surface area contributed by atoms with E-state index in [2.05, 4.69) is 0 Å². The van der Waals surface area contributed by atoms with Crippen LogP contribution in [0.25, 0.3) is 0 Å². The number of amides is 1. The number of rotatable bonds is 0. The number of amidine groups is 1. The lowest BCUT2D eigenvalue weighted by molar-refractivity contribution is 0.0255. The van der Waals surface area contributed by atoms with Gasteiger partial charge in [0.2, 0.25) is 0 Å². The fourth-order valence-electron chi connectivity index (χ4n) is 1.06. The lowest BCUT2D eigenvalue weighted by atomic mass is 10.1. The van der Waals surface area contributed by atoms with Crippen molar-refractivity contribution in [3.63, 3.8) is 0 Å². The van der Waals surface area contributed by atoms with Crippen molar-refractivity contribution in [3.8, 4) is 0 Å². The third-order valence-electron chi connectivity index (χ3n) is 1.64. The van der Waals surface area contributed by atoms with Gasteiger partial charge in [-0.15, -0.1) is 0 Å². The number of hydrogen-bond donors (Lipinski definition) is 1. The average Bonchev–Trinajstić information content (AvgIpc) is 1.97. The summed E-state index contributed by atoms with van der Waals surface area (Å²) in [7, 11) is 0. The van der Waals surface area contributed by atoms with Crippen molar-refractivity contribution >= 4 is 23.0 Å². The van der Waals surface area contributed by atoms with E-state index in [-0.39, 0.29) is 5.17 Å². The van der Waals surface area contributed by atoms with E-state index in [4.69, 9.17) is 10.1 Å². The molecule has 0 spiro atoms. The van der Waals surface area contributed by atoms with Crippen molar-refractivity contribution in [2.45, 2.75) is 52.7 Å². The topological polar surface area (TPSA) is 53.4 Å². The molecule has 0 heterocycles. The van der Waals surface area contributed by atoms with Gasteiger partial charge in [-0.2, -0.15) is 0 Å². The Morgan fingerprint density at radius 1 is 1.19 bits per heavy atom. The van der Waals surface area contributed by atoms with Crippen LogP contribution in [0.3, 0.4) is 0 Å². The Bertz CT molecular complexity index is 277. The minimum Gasteiger partial charge on any atom is -0.443 e. The number of hydrogen-bond acceptors (Lipinski definition) is 4. The Kier molecular flexibility index (Phi) is 4.85. The summed E-state index contributed by atoms with van der Waals surface area (Å²) in [4.78, 5) is 13.3. The van der Waals surface area contributed by atoms with Gasteiger partial charge < -0.3 is 4.74 Å². The van der Waals surface area contributed by atoms with Crippen LogP contribution in [0.5, 0.6) is 0 Å². The highest BCUT2D eigenvalue weighted by atomic mass is 32.2. The highest BCUT2D eigenvalue weighted by Gasteiger charge is 2.33. The first-order valence-electron chi connectivity index (χ1n) is 5.15. The lowest BCUT2D eigenvalue weighted by Gasteiger charge is -2.35. The minimum atomic E-state index is -0.542. The van der Waals surface area contributed by atoms with Gasteiger partial charge in [0.15, 0.2) is 5.17 Å². The van der Waals surface area contributed by atoms with Crippen LogP contribution in [0.1, 0.15) is 41.5 Å². The van der Waals surface area contributed by atoms with E-state index in [1.54, 1.807) is 6.26 Å². The molecule has 0 atom stereocenters. The third kappa shape index (κ3) is 4.88. The molecule has 0 saturated carbocycles. The summed E-state index contributed by atoms with van der Waals surface area (Å²) >= 11 is 1.22. The molecule has 0 aromatic rings. The molecule has 0 unspecified atom stereocenters. The van der Waals surface area contributed by atoms with Gasteiger partial charge in [-0.1, -0.05) is 11.8 Å². The fraction of sp³-hybridized carbons (Fsp3) is 0.818. The first-order valence-corrected chi connectivity index (χ1v) is 6.37. The SMILES string of the molecule is CSC(=N)N(C(=O)OC(C)(C)C)C(C)(C)C. The maximum Gasteiger partial charge on any atom is 0.416 e. The van der Waals surface area contributed by atoms with Crippen LogP contribution in [-0.4, -0.2) is 33.6 Å². The van der Waals surface area contributed by atoms with Crippen LogP contribution < -0.4 is 0 Å². The molecule has 0 rings (SSSR count). The van der Waals surface area contributed by atoms with Crippen LogP contribution in [0.2, 0.25) is 0 Å². The number of thioether (sulfide) groups is 1. The molecule has 0 aliphatic rings. The Morgan fingerprint density at radius 3 is 1.88 bits per heavy atom. The summed E-state index contributed by atoms with van der Waals surface area (Å²) in [6.07, 6.45) is 1.30. The van der Waals surface area contributed by atoms with E-state index >= 15 is 0 Å². The molecule has 5 heteroatoms. The van der Waals surface area contributed by atoms with Crippen LogP contribution in [-0.2, 0) is 4.74 Å². The molecule has 0 aliphatic heterocycles. The van der Waals surface area contributed by atoms with Gasteiger partial charge in [0.1, 0.15) is 5.60 Å². The van der Waals surface area contributed by atoms with Gasteiger partial charge >= 0.3 is 6.09 Å². The summed E-state index contributed by atoms with van der Waals surface area (Å²) < 4.78 is 5.28. The third-order valence-corrected chi connectivity index (χ3v) is 2.21. The maximum absolute atomic E-state index is 12.0. The van der Waals surface area contributed by atoms with Gasteiger partial charge in [-0.05, 0) is 47.8 Å². The summed E-state index contributed by atoms with van der Waals surface area (Å²) in [6.45, 7) is 11.1. The Labute approximate surface area is 102 Å². The molecule has 0 aliphatic carbocycles. The van der Waals surface area contributed by atoms with Crippen LogP contribution in [0.15, 0.2) is 0 Å². The highest BCUT2D eigenvalue weighted by molar-refractivity contribution is 8.13. The number of nitrogens with one attached hydrogen (secondary N) is 1. The second-order valence-electron chi connectivity index (χ2n) is 5.50. The zero-order valence-corrected chi connectivity index (χ0v) is 12.0. The average molecular weight is 246 g/mol. The van der Waals surface area contributed by atoms with Gasteiger partial charge in [-0.3, -0.25) is 10.3 Å². The molecule has 94 valence electrons. The lowest BCUT2D eigenvalue weighted by Crippen LogP contribution is -2.50. The first kappa shape index (κ1) is 15.3. The van der Waals surface area contributed by atoms with E-state index in [0.29, 0.717) is 0 Å². The summed E-state index contributed by atoms with van der Waals surface area (Å²) in [5.41, 5.74) is -0.998. The first-order chi connectivity index (χ1) is 6.99. The molecule has 16 heavy (non-hydrogen) atoms. The van der Waals surface area contributed by atoms with Gasteiger partial charge in [0.05, 0.1) is 0 Å². The van der Waals surface area contributed by atoms with Crippen molar-refractivity contribution in [2.24, 2.45) is 0 Å². The second-order valence-corrected chi connectivity index (χ2v) is 6.29. The Hall–Kier alpha value is -0.710. The molecule has 0 aromatic heterocycles. The molecular formula is C11H22N2O2S. The van der Waals surface area contributed by atoms with Gasteiger partial charge in [0.25, 0.3) is 0 Å². The van der Waals surface area contributed by atoms with Crippen molar-refractivity contribution < 1.29 is 9.53 Å². The van der Waals surface area contributed by atoms with Gasteiger partial charge in [-0.25, -0.2) is 4.79 Å². The van der Waals surface area contributed by atoms with Crippen molar-refractivity contribution in [3.05, 3.63) is 0 Å². The predicted molar refractivity (Wildman–Crippen MR) is 69.1 cm³/mol. The standard InChI is InChI=1S/C11H22N2O2S/c1-10(2,3)13(8(12)16-7)9(14)15-11(4,5)6/h12H,1-7H3. The fourth-order valence-corrected chi connectivity index (χ4v) is 1.59. The number of carbonyl (C=O) groups is 1. The summed E-state index contributed by atoms with van der Waals surface area (Å²) in [5.74, 6) is 0. The Morgan fingerprint density at radius 2 is 1.62 bits per heavy atom. The molecule has 0 saturated heterocycles. The predicted octanol–water partition coefficient (Wildman–Crippen LogP) is 3.32. The monoisotopic (exact) mass is 246 g/mol. The smallest absolute Gasteiger partial charge is 0.416 e. The molecule has 4 nitrogen and oxygen atoms in total. The summed E-state index contributed by atoms with van der Waals surface area (Å²) in [6, 6.07) is 0. The van der Waals surface area contributed by atoms with E-state index < -0.39 is 17.2 Å². The molecule has 0 aromatic carbocycles. The van der Waals surface area contributed by atoms with E-state index in [0.717, 1.165) is 0 Å². The quantitative estimate of drug-likeness (QED) is 0.527. The van der Waals surface area contributed by atoms with Crippen LogP contribution in [0, 0.1) is 5.41 Å². The maximum atomic E-state index is 12.0. The summed E-state index contributed by atoms with van der Waals surface area (Å²) in [5, 5.41) is 7.97. The number of carbonyl (C=O) groups excluding carboxylic acids is 1. The molecule has 1 N–H and O–H groups in total. The van der Waals surface area contributed by atoms with E-state index in [9.17, 15) is 4.79 Å². The largest absolute Gasteiger partial charge is 0.443 e.